The van der Waals surface area contributed by atoms with Crippen molar-refractivity contribution in [2.75, 3.05) is 0 Å². The molecule has 0 heterocycles. The molecule has 0 bridgehead atoms. The Hall–Kier alpha value is 3.48. The van der Waals surface area contributed by atoms with E-state index < -0.39 is 10.4 Å². The van der Waals surface area contributed by atoms with Crippen molar-refractivity contribution >= 4 is 96.0 Å². The van der Waals surface area contributed by atoms with Gasteiger partial charge in [0, 0.05) is 0 Å². The van der Waals surface area contributed by atoms with E-state index in [2.05, 4.69) is 0 Å². The normalized spacial score (nSPS) is 5.80. The van der Waals surface area contributed by atoms with Crippen molar-refractivity contribution in [2.45, 2.75) is 0 Å². The molecule has 0 aliphatic heterocycles. The minimum atomic E-state index is -4.67. The summed E-state index contributed by atoms with van der Waals surface area (Å²) in [6.45, 7) is 0. The summed E-state index contributed by atoms with van der Waals surface area (Å²) in [6.07, 6.45) is 0. The summed E-state index contributed by atoms with van der Waals surface area (Å²) in [5.41, 5.74) is 0. The summed E-state index contributed by atoms with van der Waals surface area (Å²) < 4.78 is 31.6. The van der Waals surface area contributed by atoms with Crippen molar-refractivity contribution < 1.29 is 54.2 Å². The van der Waals surface area contributed by atoms with E-state index in [9.17, 15) is 0 Å². The molecule has 2 N–H and O–H groups in total. The Labute approximate surface area is 148 Å². The van der Waals surface area contributed by atoms with Crippen molar-refractivity contribution in [1.29, 1.82) is 0 Å². The molecule has 0 saturated carbocycles. The Kier molecular flexibility index (Phi) is 68.7. The van der Waals surface area contributed by atoms with Crippen LogP contribution in [0.2, 0.25) is 0 Å². The van der Waals surface area contributed by atoms with E-state index in [4.69, 9.17) is 17.5 Å². The van der Waals surface area contributed by atoms with Crippen LogP contribution in [0.5, 0.6) is 0 Å². The SMILES string of the molecule is Cl.Cl.O=S(=O)(O)O.[Ca+2].[H-].[H-].[H-].[H-].[H-].[Mg+2].[Na+]. The second-order valence-electron chi connectivity index (χ2n) is 0.448. The van der Waals surface area contributed by atoms with E-state index in [0.29, 0.717) is 0 Å². The molecule has 0 aliphatic rings. The van der Waals surface area contributed by atoms with Gasteiger partial charge in [-0.25, -0.2) is 0 Å². The molecule has 0 aliphatic carbocycles. The van der Waals surface area contributed by atoms with Crippen LogP contribution in [0.4, 0.5) is 0 Å². The molecule has 10 heteroatoms. The quantitative estimate of drug-likeness (QED) is 0.361. The van der Waals surface area contributed by atoms with E-state index >= 15 is 0 Å². The summed E-state index contributed by atoms with van der Waals surface area (Å²) in [6, 6.07) is 0. The van der Waals surface area contributed by atoms with Crippen LogP contribution in [0.25, 0.3) is 0 Å². The van der Waals surface area contributed by atoms with Gasteiger partial charge in [-0.05, 0) is 0 Å². The van der Waals surface area contributed by atoms with Crippen LogP contribution < -0.4 is 29.6 Å². The van der Waals surface area contributed by atoms with Gasteiger partial charge < -0.3 is 7.13 Å². The van der Waals surface area contributed by atoms with Gasteiger partial charge in [-0.1, -0.05) is 0 Å². The molecule has 0 unspecified atom stereocenters. The average molecular weight is 263 g/mol. The smallest absolute Gasteiger partial charge is 1.00 e. The van der Waals surface area contributed by atoms with Crippen LogP contribution >= 0.6 is 24.8 Å². The third-order valence-corrected chi connectivity index (χ3v) is 0. The molecule has 0 saturated heterocycles. The van der Waals surface area contributed by atoms with E-state index in [1.54, 1.807) is 0 Å². The summed E-state index contributed by atoms with van der Waals surface area (Å²) in [4.78, 5) is 0. The van der Waals surface area contributed by atoms with Gasteiger partial charge in [-0.15, -0.1) is 24.8 Å². The van der Waals surface area contributed by atoms with E-state index in [0.717, 1.165) is 0 Å². The predicted octanol–water partition coefficient (Wildman–Crippen LogP) is -3.00. The fourth-order valence-electron chi connectivity index (χ4n) is 0. The third-order valence-electron chi connectivity index (χ3n) is 0. The first kappa shape index (κ1) is 37.5. The maximum absolute atomic E-state index is 8.74. The summed E-state index contributed by atoms with van der Waals surface area (Å²) in [5, 5.41) is 0. The molecule has 4 nitrogen and oxygen atoms in total. The summed E-state index contributed by atoms with van der Waals surface area (Å²) >= 11 is 0. The summed E-state index contributed by atoms with van der Waals surface area (Å²) in [5.74, 6) is 0. The molecule has 0 amide bonds. The molecule has 58 valence electrons. The molecule has 10 heavy (non-hydrogen) atoms. The van der Waals surface area contributed by atoms with Crippen LogP contribution in [0.15, 0.2) is 0 Å². The summed E-state index contributed by atoms with van der Waals surface area (Å²) in [7, 11) is -4.67. The molecular weight excluding hydrogens is 254 g/mol. The zero-order chi connectivity index (χ0) is 4.50. The third kappa shape index (κ3) is 104. The average Bonchev–Trinajstić information content (AvgIpc) is 0.722. The van der Waals surface area contributed by atoms with Crippen molar-refractivity contribution in [3.8, 4) is 0 Å². The fourth-order valence-corrected chi connectivity index (χ4v) is 0. The number of hydrogen-bond acceptors (Lipinski definition) is 2. The number of hydrogen-bond donors (Lipinski definition) is 2. The van der Waals surface area contributed by atoms with Crippen molar-refractivity contribution in [2.24, 2.45) is 0 Å². The minimum Gasteiger partial charge on any atom is -1.00 e. The van der Waals surface area contributed by atoms with E-state index in [1.807, 2.05) is 0 Å². The maximum Gasteiger partial charge on any atom is 2.00 e. The largest absolute Gasteiger partial charge is 2.00 e. The van der Waals surface area contributed by atoms with Crippen LogP contribution in [0.1, 0.15) is 7.13 Å². The van der Waals surface area contributed by atoms with Crippen molar-refractivity contribution in [1.82, 2.24) is 0 Å². The molecular formula is H9CaCl2MgNaO4S. The topological polar surface area (TPSA) is 74.6 Å². The van der Waals surface area contributed by atoms with Gasteiger partial charge >= 0.3 is 101 Å². The van der Waals surface area contributed by atoms with Gasteiger partial charge in [0.1, 0.15) is 0 Å². The predicted molar refractivity (Wildman–Crippen MR) is 45.7 cm³/mol. The Morgan fingerprint density at radius 2 is 1.10 bits per heavy atom. The second kappa shape index (κ2) is 18.3. The monoisotopic (exact) mass is 262 g/mol. The van der Waals surface area contributed by atoms with Gasteiger partial charge in [0.15, 0.2) is 0 Å². The van der Waals surface area contributed by atoms with Crippen molar-refractivity contribution in [3.63, 3.8) is 0 Å². The zero-order valence-corrected chi connectivity index (χ0v) is 13.4. The Bertz CT molecular complexity index is 120. The molecule has 0 atom stereocenters. The number of rotatable bonds is 0. The zero-order valence-electron chi connectivity index (χ0n) is 10.3. The Morgan fingerprint density at radius 3 is 1.10 bits per heavy atom. The fraction of sp³-hybridized carbons (Fsp3) is 0. The Balaban J connectivity index is -0.00000000178. The van der Waals surface area contributed by atoms with Gasteiger partial charge in [0.2, 0.25) is 0 Å². The van der Waals surface area contributed by atoms with Gasteiger partial charge in [0.25, 0.3) is 0 Å². The molecule has 0 radical (unpaired) electrons. The molecule has 0 fully saturated rings. The maximum atomic E-state index is 8.74. The van der Waals surface area contributed by atoms with Crippen LogP contribution in [0, 0.1) is 0 Å². The Morgan fingerprint density at radius 1 is 1.10 bits per heavy atom. The molecule has 0 aromatic carbocycles. The first-order valence-electron chi connectivity index (χ1n) is 0.698. The van der Waals surface area contributed by atoms with Crippen LogP contribution in [-0.4, -0.2) is 78.3 Å². The molecule has 0 aromatic rings. The molecule has 0 spiro atoms. The van der Waals surface area contributed by atoms with Gasteiger partial charge in [0.05, 0.1) is 0 Å². The minimum absolute atomic E-state index is 0. The van der Waals surface area contributed by atoms with E-state index in [1.165, 1.54) is 0 Å². The first-order valence-corrected chi connectivity index (χ1v) is 2.10. The van der Waals surface area contributed by atoms with E-state index in [-0.39, 0.29) is 122 Å². The van der Waals surface area contributed by atoms with Crippen LogP contribution in [-0.2, 0) is 10.4 Å². The first-order chi connectivity index (χ1) is 2.00. The molecule has 0 aromatic heterocycles. The van der Waals surface area contributed by atoms with Crippen LogP contribution in [0.3, 0.4) is 0 Å². The van der Waals surface area contributed by atoms with Gasteiger partial charge in [-0.3, -0.25) is 9.11 Å². The van der Waals surface area contributed by atoms with Gasteiger partial charge in [-0.2, -0.15) is 8.42 Å². The number of halogens is 2. The van der Waals surface area contributed by atoms with Crippen molar-refractivity contribution in [3.05, 3.63) is 0 Å². The standard InChI is InChI=1S/Ca.2ClH.Mg.Na.H2O4S.5H/c;;;;;1-5(2,3)4;;;;;/h;2*1H;;;(H2,1,2,3,4);;;;;/q+2;;;+2;+1;;5*-1. The second-order valence-corrected chi connectivity index (χ2v) is 1.34. The molecule has 0 rings (SSSR count).